The van der Waals surface area contributed by atoms with E-state index in [4.69, 9.17) is 15.7 Å². The maximum absolute atomic E-state index is 7.01. The van der Waals surface area contributed by atoms with Crippen LogP contribution in [0.3, 0.4) is 0 Å². The molecule has 28 heavy (non-hydrogen) atoms. The monoisotopic (exact) mass is 367 g/mol. The molecule has 2 heterocycles. The lowest BCUT2D eigenvalue weighted by Gasteiger charge is -2.28. The van der Waals surface area contributed by atoms with Gasteiger partial charge in [0.05, 0.1) is 27.6 Å². The number of H-pyrrole nitrogens is 2. The van der Waals surface area contributed by atoms with E-state index in [0.717, 1.165) is 39.3 Å². The van der Waals surface area contributed by atoms with Crippen LogP contribution >= 0.6 is 0 Å². The number of nitrogens with one attached hydrogen (secondary N) is 2. The number of para-hydroxylation sites is 4. The zero-order chi connectivity index (χ0) is 19.0. The highest BCUT2D eigenvalue weighted by Crippen LogP contribution is 2.27. The Balaban J connectivity index is 1.54. The molecule has 0 aliphatic carbocycles. The number of nitrogens with two attached hydrogens (primary N) is 1. The summed E-state index contributed by atoms with van der Waals surface area (Å²) < 4.78 is 0. The van der Waals surface area contributed by atoms with Gasteiger partial charge in [-0.3, -0.25) is 0 Å². The second-order valence-electron chi connectivity index (χ2n) is 7.28. The van der Waals surface area contributed by atoms with Gasteiger partial charge < -0.3 is 15.7 Å². The first-order chi connectivity index (χ1) is 13.7. The molecule has 5 nitrogen and oxygen atoms in total. The van der Waals surface area contributed by atoms with Crippen LogP contribution in [-0.2, 0) is 18.4 Å². The van der Waals surface area contributed by atoms with Crippen molar-refractivity contribution in [3.05, 3.63) is 96.1 Å². The van der Waals surface area contributed by atoms with E-state index in [9.17, 15) is 0 Å². The molecule has 2 aromatic heterocycles. The topological polar surface area (TPSA) is 83.4 Å². The number of aromatic amines is 2. The van der Waals surface area contributed by atoms with Crippen LogP contribution in [0.2, 0.25) is 0 Å². The second-order valence-corrected chi connectivity index (χ2v) is 7.28. The number of rotatable bonds is 5. The number of nitrogens with zero attached hydrogens (tertiary/aromatic N) is 2. The zero-order valence-electron chi connectivity index (χ0n) is 15.4. The van der Waals surface area contributed by atoms with Crippen molar-refractivity contribution in [1.82, 2.24) is 19.9 Å². The van der Waals surface area contributed by atoms with Gasteiger partial charge in [-0.05, 0) is 29.8 Å². The molecule has 0 saturated heterocycles. The van der Waals surface area contributed by atoms with Gasteiger partial charge in [0.15, 0.2) is 0 Å². The Kier molecular flexibility index (Phi) is 3.95. The van der Waals surface area contributed by atoms with E-state index in [2.05, 4.69) is 22.1 Å². The van der Waals surface area contributed by atoms with Crippen molar-refractivity contribution < 1.29 is 0 Å². The fourth-order valence-electron chi connectivity index (χ4n) is 3.81. The van der Waals surface area contributed by atoms with Gasteiger partial charge in [0, 0.05) is 12.8 Å². The van der Waals surface area contributed by atoms with Crippen molar-refractivity contribution in [2.45, 2.75) is 18.4 Å². The first-order valence-corrected chi connectivity index (χ1v) is 9.41. The number of benzene rings is 3. The van der Waals surface area contributed by atoms with Gasteiger partial charge in [-0.1, -0.05) is 54.6 Å². The molecule has 5 aromatic rings. The highest BCUT2D eigenvalue weighted by atomic mass is 15.0. The molecule has 0 saturated carbocycles. The van der Waals surface area contributed by atoms with Gasteiger partial charge in [-0.15, -0.1) is 0 Å². The summed E-state index contributed by atoms with van der Waals surface area (Å²) in [6.45, 7) is 0. The summed E-state index contributed by atoms with van der Waals surface area (Å²) in [5.74, 6) is 1.76. The van der Waals surface area contributed by atoms with Crippen LogP contribution in [0.1, 0.15) is 17.2 Å². The molecule has 0 amide bonds. The van der Waals surface area contributed by atoms with E-state index in [0.29, 0.717) is 12.8 Å². The molecule has 0 unspecified atom stereocenters. The van der Waals surface area contributed by atoms with Crippen molar-refractivity contribution in [2.75, 3.05) is 0 Å². The van der Waals surface area contributed by atoms with E-state index in [1.54, 1.807) is 0 Å². The molecule has 0 fully saturated rings. The summed E-state index contributed by atoms with van der Waals surface area (Å²) >= 11 is 0. The van der Waals surface area contributed by atoms with Gasteiger partial charge in [0.2, 0.25) is 0 Å². The summed E-state index contributed by atoms with van der Waals surface area (Å²) in [7, 11) is 0. The highest BCUT2D eigenvalue weighted by molar-refractivity contribution is 5.75. The Labute approximate surface area is 162 Å². The molecule has 4 N–H and O–H groups in total. The third-order valence-corrected chi connectivity index (χ3v) is 5.19. The quantitative estimate of drug-likeness (QED) is 0.438. The minimum absolute atomic E-state index is 0.586. The Bertz CT molecular complexity index is 1090. The lowest BCUT2D eigenvalue weighted by molar-refractivity contribution is 0.421. The van der Waals surface area contributed by atoms with E-state index in [1.165, 1.54) is 0 Å². The second kappa shape index (κ2) is 6.62. The van der Waals surface area contributed by atoms with Gasteiger partial charge in [0.25, 0.3) is 0 Å². The summed E-state index contributed by atoms with van der Waals surface area (Å²) in [4.78, 5) is 16.3. The number of imidazole rings is 2. The van der Waals surface area contributed by atoms with Crippen LogP contribution in [0.5, 0.6) is 0 Å². The van der Waals surface area contributed by atoms with Crippen LogP contribution in [0.4, 0.5) is 0 Å². The molecule has 138 valence electrons. The molecular weight excluding hydrogens is 346 g/mol. The Morgan fingerprint density at radius 1 is 0.643 bits per heavy atom. The Hall–Kier alpha value is -3.44. The third kappa shape index (κ3) is 3.06. The standard InChI is InChI=1S/C23H21N5/c24-23(16-8-2-1-3-9-16,14-21-25-17-10-4-5-11-18(17)26-21)15-22-27-19-12-6-7-13-20(19)28-22/h1-13H,14-15,24H2,(H,25,26)(H,27,28). The van der Waals surface area contributed by atoms with E-state index < -0.39 is 5.54 Å². The lowest BCUT2D eigenvalue weighted by atomic mass is 9.84. The summed E-state index contributed by atoms with van der Waals surface area (Å²) in [5.41, 5.74) is 11.4. The van der Waals surface area contributed by atoms with Crippen molar-refractivity contribution in [3.63, 3.8) is 0 Å². The summed E-state index contributed by atoms with van der Waals surface area (Å²) in [6, 6.07) is 26.3. The first-order valence-electron chi connectivity index (χ1n) is 9.41. The van der Waals surface area contributed by atoms with Crippen LogP contribution < -0.4 is 5.73 Å². The minimum Gasteiger partial charge on any atom is -0.342 e. The zero-order valence-corrected chi connectivity index (χ0v) is 15.4. The summed E-state index contributed by atoms with van der Waals surface area (Å²) in [6.07, 6.45) is 1.17. The lowest BCUT2D eigenvalue weighted by Crippen LogP contribution is -2.42. The highest BCUT2D eigenvalue weighted by Gasteiger charge is 2.31. The molecule has 3 aromatic carbocycles. The Morgan fingerprint density at radius 2 is 1.11 bits per heavy atom. The molecular formula is C23H21N5. The average molecular weight is 367 g/mol. The molecule has 0 radical (unpaired) electrons. The number of hydrogen-bond acceptors (Lipinski definition) is 3. The summed E-state index contributed by atoms with van der Waals surface area (Å²) in [5, 5.41) is 0. The van der Waals surface area contributed by atoms with Gasteiger partial charge in [0.1, 0.15) is 11.6 Å². The third-order valence-electron chi connectivity index (χ3n) is 5.19. The first kappa shape index (κ1) is 16.7. The van der Waals surface area contributed by atoms with Gasteiger partial charge in [-0.2, -0.15) is 0 Å². The van der Waals surface area contributed by atoms with Crippen LogP contribution in [0, 0.1) is 0 Å². The van der Waals surface area contributed by atoms with E-state index in [1.807, 2.05) is 66.7 Å². The number of aromatic nitrogens is 4. The fraction of sp³-hybridized carbons (Fsp3) is 0.130. The van der Waals surface area contributed by atoms with Crippen molar-refractivity contribution in [2.24, 2.45) is 5.73 Å². The predicted molar refractivity (Wildman–Crippen MR) is 112 cm³/mol. The predicted octanol–water partition coefficient (Wildman–Crippen LogP) is 4.08. The SMILES string of the molecule is NC(Cc1nc2ccccc2[nH]1)(Cc1nc2ccccc2[nH]1)c1ccccc1. The minimum atomic E-state index is -0.636. The molecule has 5 heteroatoms. The molecule has 0 spiro atoms. The largest absolute Gasteiger partial charge is 0.342 e. The normalized spacial score (nSPS) is 12.0. The average Bonchev–Trinajstić information content (AvgIpc) is 3.30. The van der Waals surface area contributed by atoms with Gasteiger partial charge in [-0.25, -0.2) is 9.97 Å². The van der Waals surface area contributed by atoms with Crippen molar-refractivity contribution >= 4 is 22.1 Å². The molecule has 0 atom stereocenters. The van der Waals surface area contributed by atoms with Crippen molar-refractivity contribution in [3.8, 4) is 0 Å². The van der Waals surface area contributed by atoms with Crippen LogP contribution in [-0.4, -0.2) is 19.9 Å². The Morgan fingerprint density at radius 3 is 1.61 bits per heavy atom. The van der Waals surface area contributed by atoms with E-state index >= 15 is 0 Å². The van der Waals surface area contributed by atoms with Crippen LogP contribution in [0.15, 0.2) is 78.9 Å². The molecule has 5 rings (SSSR count). The van der Waals surface area contributed by atoms with E-state index in [-0.39, 0.29) is 0 Å². The van der Waals surface area contributed by atoms with Crippen molar-refractivity contribution in [1.29, 1.82) is 0 Å². The van der Waals surface area contributed by atoms with Gasteiger partial charge >= 0.3 is 0 Å². The van der Waals surface area contributed by atoms with Crippen LogP contribution in [0.25, 0.3) is 22.1 Å². The molecule has 0 bridgehead atoms. The number of fused-ring (bicyclic) bond motifs is 2. The smallest absolute Gasteiger partial charge is 0.109 e. The fourth-order valence-corrected chi connectivity index (χ4v) is 3.81. The molecule has 0 aliphatic heterocycles. The maximum Gasteiger partial charge on any atom is 0.109 e. The molecule has 0 aliphatic rings. The number of hydrogen-bond donors (Lipinski definition) is 3. The maximum atomic E-state index is 7.01.